The Hall–Kier alpha value is -2.62. The van der Waals surface area contributed by atoms with E-state index in [1.807, 2.05) is 88.2 Å². The molecule has 0 fully saturated rings. The standard InChI is InChI=1S/C18H20N2O2.2C2H6/c1-4-9-15(10-5-2)20-13-16(14-11-7-6-8-12-14)17(19-20)18(21)22-3;2*1-2/h4-12,16H,1,13H2,2-3H3;2*1-2H3/b10-5-,15-9+;;. The summed E-state index contributed by atoms with van der Waals surface area (Å²) in [5.41, 5.74) is 2.36. The second-order valence-electron chi connectivity index (χ2n) is 4.85. The number of allylic oxidation sites excluding steroid dienone is 4. The van der Waals surface area contributed by atoms with Gasteiger partial charge in [0, 0.05) is 0 Å². The lowest BCUT2D eigenvalue weighted by Gasteiger charge is -2.17. The Bertz CT molecular complexity index is 631. The van der Waals surface area contributed by atoms with Crippen LogP contribution in [0.2, 0.25) is 0 Å². The Morgan fingerprint density at radius 3 is 2.35 bits per heavy atom. The summed E-state index contributed by atoms with van der Waals surface area (Å²) < 4.78 is 4.88. The quantitative estimate of drug-likeness (QED) is 0.530. The number of ether oxygens (including phenoxy) is 1. The molecule has 0 saturated heterocycles. The third kappa shape index (κ3) is 6.36. The van der Waals surface area contributed by atoms with Crippen molar-refractivity contribution >= 4 is 11.7 Å². The normalized spacial score (nSPS) is 16.1. The number of methoxy groups -OCH3 is 1. The van der Waals surface area contributed by atoms with E-state index >= 15 is 0 Å². The molecule has 4 nitrogen and oxygen atoms in total. The average molecular weight is 357 g/mol. The van der Waals surface area contributed by atoms with Gasteiger partial charge in [-0.05, 0) is 24.6 Å². The van der Waals surface area contributed by atoms with E-state index in [0.29, 0.717) is 12.3 Å². The summed E-state index contributed by atoms with van der Waals surface area (Å²) in [5.74, 6) is -0.498. The molecular formula is C22H32N2O2. The summed E-state index contributed by atoms with van der Waals surface area (Å²) in [6.07, 6.45) is 7.44. The van der Waals surface area contributed by atoms with Gasteiger partial charge in [-0.3, -0.25) is 5.01 Å². The van der Waals surface area contributed by atoms with Crippen LogP contribution >= 0.6 is 0 Å². The maximum Gasteiger partial charge on any atom is 0.354 e. The summed E-state index contributed by atoms with van der Waals surface area (Å²) in [6.45, 7) is 14.3. The molecule has 1 heterocycles. The average Bonchev–Trinajstić information content (AvgIpc) is 3.16. The number of nitrogens with zero attached hydrogens (tertiary/aromatic N) is 2. The first-order chi connectivity index (χ1) is 12.7. The zero-order valence-electron chi connectivity index (χ0n) is 16.9. The molecule has 0 aromatic heterocycles. The summed E-state index contributed by atoms with van der Waals surface area (Å²) >= 11 is 0. The molecule has 0 amide bonds. The van der Waals surface area contributed by atoms with Gasteiger partial charge in [-0.25, -0.2) is 4.79 Å². The minimum absolute atomic E-state index is 0.105. The van der Waals surface area contributed by atoms with Gasteiger partial charge < -0.3 is 4.74 Å². The van der Waals surface area contributed by atoms with Gasteiger partial charge in [-0.2, -0.15) is 5.10 Å². The van der Waals surface area contributed by atoms with Crippen molar-refractivity contribution in [1.29, 1.82) is 0 Å². The smallest absolute Gasteiger partial charge is 0.354 e. The van der Waals surface area contributed by atoms with Gasteiger partial charge in [0.25, 0.3) is 0 Å². The van der Waals surface area contributed by atoms with Crippen molar-refractivity contribution in [3.05, 3.63) is 72.5 Å². The fourth-order valence-electron chi connectivity index (χ4n) is 2.42. The molecule has 1 aromatic rings. The Morgan fingerprint density at radius 2 is 1.85 bits per heavy atom. The molecule has 142 valence electrons. The first-order valence-electron chi connectivity index (χ1n) is 9.16. The lowest BCUT2D eigenvalue weighted by Crippen LogP contribution is -2.23. The second-order valence-corrected chi connectivity index (χ2v) is 4.85. The highest BCUT2D eigenvalue weighted by molar-refractivity contribution is 6.39. The molecule has 26 heavy (non-hydrogen) atoms. The molecule has 0 radical (unpaired) electrons. The van der Waals surface area contributed by atoms with E-state index < -0.39 is 5.97 Å². The number of carbonyl (C=O) groups is 1. The molecule has 1 unspecified atom stereocenters. The van der Waals surface area contributed by atoms with Crippen LogP contribution in [0.15, 0.2) is 72.0 Å². The Labute approximate surface area is 158 Å². The minimum Gasteiger partial charge on any atom is -0.464 e. The zero-order chi connectivity index (χ0) is 19.9. The molecule has 0 N–H and O–H groups in total. The van der Waals surface area contributed by atoms with Crippen LogP contribution in [-0.4, -0.2) is 30.3 Å². The summed E-state index contributed by atoms with van der Waals surface area (Å²) in [4.78, 5) is 12.0. The molecule has 0 aliphatic carbocycles. The Morgan fingerprint density at radius 1 is 1.23 bits per heavy atom. The van der Waals surface area contributed by atoms with Gasteiger partial charge in [0.05, 0.1) is 25.3 Å². The van der Waals surface area contributed by atoms with Crippen LogP contribution in [0.1, 0.15) is 46.1 Å². The van der Waals surface area contributed by atoms with E-state index in [2.05, 4.69) is 11.7 Å². The first-order valence-corrected chi connectivity index (χ1v) is 9.16. The van der Waals surface area contributed by atoms with Crippen molar-refractivity contribution < 1.29 is 9.53 Å². The fraction of sp³-hybridized carbons (Fsp3) is 0.364. The fourth-order valence-corrected chi connectivity index (χ4v) is 2.42. The topological polar surface area (TPSA) is 41.9 Å². The number of carbonyl (C=O) groups excluding carboxylic acids is 1. The van der Waals surface area contributed by atoms with Crippen molar-refractivity contribution in [1.82, 2.24) is 5.01 Å². The highest BCUT2D eigenvalue weighted by atomic mass is 16.5. The minimum atomic E-state index is -0.394. The van der Waals surface area contributed by atoms with E-state index in [9.17, 15) is 4.79 Å². The zero-order valence-corrected chi connectivity index (χ0v) is 16.9. The van der Waals surface area contributed by atoms with Crippen LogP contribution in [-0.2, 0) is 9.53 Å². The predicted octanol–water partition coefficient (Wildman–Crippen LogP) is 5.31. The van der Waals surface area contributed by atoms with Crippen molar-refractivity contribution in [2.45, 2.75) is 40.5 Å². The highest BCUT2D eigenvalue weighted by Crippen LogP contribution is 2.28. The number of hydrogen-bond donors (Lipinski definition) is 0. The van der Waals surface area contributed by atoms with Crippen LogP contribution in [0.3, 0.4) is 0 Å². The summed E-state index contributed by atoms with van der Waals surface area (Å²) in [6, 6.07) is 9.87. The molecule has 0 bridgehead atoms. The van der Waals surface area contributed by atoms with Crippen molar-refractivity contribution in [3.63, 3.8) is 0 Å². The van der Waals surface area contributed by atoms with E-state index in [0.717, 1.165) is 11.3 Å². The highest BCUT2D eigenvalue weighted by Gasteiger charge is 2.34. The number of benzene rings is 1. The predicted molar refractivity (Wildman–Crippen MR) is 111 cm³/mol. The largest absolute Gasteiger partial charge is 0.464 e. The molecular weight excluding hydrogens is 324 g/mol. The molecule has 1 aromatic carbocycles. The van der Waals surface area contributed by atoms with Crippen molar-refractivity contribution in [2.24, 2.45) is 5.10 Å². The molecule has 1 aliphatic rings. The Balaban J connectivity index is 0.00000146. The molecule has 1 atom stereocenters. The van der Waals surface area contributed by atoms with Gasteiger partial charge in [0.2, 0.25) is 0 Å². The van der Waals surface area contributed by atoms with Gasteiger partial charge in [0.1, 0.15) is 0 Å². The van der Waals surface area contributed by atoms with E-state index in [1.165, 1.54) is 7.11 Å². The summed E-state index contributed by atoms with van der Waals surface area (Å²) in [7, 11) is 1.38. The summed E-state index contributed by atoms with van der Waals surface area (Å²) in [5, 5.41) is 6.27. The molecule has 2 rings (SSSR count). The van der Waals surface area contributed by atoms with Gasteiger partial charge in [0.15, 0.2) is 5.71 Å². The monoisotopic (exact) mass is 356 g/mol. The number of esters is 1. The molecule has 4 heteroatoms. The van der Waals surface area contributed by atoms with E-state index in [1.54, 1.807) is 6.08 Å². The van der Waals surface area contributed by atoms with Crippen LogP contribution in [0, 0.1) is 0 Å². The second kappa shape index (κ2) is 13.6. The van der Waals surface area contributed by atoms with Gasteiger partial charge in [-0.15, -0.1) is 0 Å². The lowest BCUT2D eigenvalue weighted by molar-refractivity contribution is -0.132. The third-order valence-corrected chi connectivity index (χ3v) is 3.43. The number of hydrazone groups is 1. The number of hydrogen-bond acceptors (Lipinski definition) is 4. The SMILES string of the molecule is C=C/C=C(\C=C/C)N1CC(c2ccccc2)C(C(=O)OC)=N1.CC.CC. The van der Waals surface area contributed by atoms with Crippen molar-refractivity contribution in [3.8, 4) is 0 Å². The van der Waals surface area contributed by atoms with E-state index in [4.69, 9.17) is 4.74 Å². The lowest BCUT2D eigenvalue weighted by atomic mass is 9.95. The van der Waals surface area contributed by atoms with E-state index in [-0.39, 0.29) is 5.92 Å². The molecule has 0 spiro atoms. The van der Waals surface area contributed by atoms with Crippen LogP contribution in [0.4, 0.5) is 0 Å². The maximum atomic E-state index is 12.0. The van der Waals surface area contributed by atoms with Gasteiger partial charge in [-0.1, -0.05) is 76.8 Å². The van der Waals surface area contributed by atoms with Crippen LogP contribution in [0.5, 0.6) is 0 Å². The van der Waals surface area contributed by atoms with Crippen LogP contribution < -0.4 is 0 Å². The molecule has 0 saturated carbocycles. The van der Waals surface area contributed by atoms with Gasteiger partial charge >= 0.3 is 5.97 Å². The molecule has 1 aliphatic heterocycles. The van der Waals surface area contributed by atoms with Crippen LogP contribution in [0.25, 0.3) is 0 Å². The first kappa shape index (κ1) is 23.4. The number of rotatable bonds is 5. The maximum absolute atomic E-state index is 12.0. The third-order valence-electron chi connectivity index (χ3n) is 3.43. The Kier molecular flexibility index (Phi) is 12.3. The van der Waals surface area contributed by atoms with Crippen molar-refractivity contribution in [2.75, 3.05) is 13.7 Å².